The van der Waals surface area contributed by atoms with Crippen molar-refractivity contribution in [1.82, 2.24) is 15.1 Å². The van der Waals surface area contributed by atoms with E-state index < -0.39 is 0 Å². The summed E-state index contributed by atoms with van der Waals surface area (Å²) >= 11 is 0. The van der Waals surface area contributed by atoms with Gasteiger partial charge in [-0.1, -0.05) is 37.3 Å². The van der Waals surface area contributed by atoms with Crippen LogP contribution in [0.2, 0.25) is 0 Å². The fraction of sp³-hybridized carbons (Fsp3) is 0.611. The number of hydrogen-bond acceptors (Lipinski definition) is 4. The van der Waals surface area contributed by atoms with Gasteiger partial charge in [-0.05, 0) is 25.5 Å². The van der Waals surface area contributed by atoms with Gasteiger partial charge in [0.1, 0.15) is 6.04 Å². The highest BCUT2D eigenvalue weighted by Crippen LogP contribution is 2.23. The predicted octanol–water partition coefficient (Wildman–Crippen LogP) is 1.11. The van der Waals surface area contributed by atoms with E-state index in [1.807, 2.05) is 44.2 Å². The van der Waals surface area contributed by atoms with E-state index >= 15 is 0 Å². The first kappa shape index (κ1) is 17.9. The van der Waals surface area contributed by atoms with Crippen molar-refractivity contribution in [3.63, 3.8) is 0 Å². The highest BCUT2D eigenvalue weighted by Gasteiger charge is 2.30. The summed E-state index contributed by atoms with van der Waals surface area (Å²) in [4.78, 5) is 17.4. The van der Waals surface area contributed by atoms with Crippen molar-refractivity contribution in [3.8, 4) is 0 Å². The fourth-order valence-electron chi connectivity index (χ4n) is 2.85. The van der Waals surface area contributed by atoms with Gasteiger partial charge in [-0.25, -0.2) is 0 Å². The summed E-state index contributed by atoms with van der Waals surface area (Å²) in [6.45, 7) is 7.67. The van der Waals surface area contributed by atoms with E-state index in [1.54, 1.807) is 0 Å². The molecule has 0 radical (unpaired) electrons. The molecule has 3 unspecified atom stereocenters. The minimum Gasteiger partial charge on any atom is -0.396 e. The van der Waals surface area contributed by atoms with E-state index in [-0.39, 0.29) is 30.5 Å². The number of hydrogen-bond donors (Lipinski definition) is 2. The van der Waals surface area contributed by atoms with Crippen LogP contribution in [-0.4, -0.2) is 66.7 Å². The lowest BCUT2D eigenvalue weighted by Crippen LogP contribution is -2.51. The number of carbonyl (C=O) groups is 1. The molecule has 1 saturated heterocycles. The Kier molecular flexibility index (Phi) is 6.57. The van der Waals surface area contributed by atoms with E-state index in [2.05, 4.69) is 22.2 Å². The molecule has 0 saturated carbocycles. The molecule has 128 valence electrons. The molecule has 2 rings (SSSR count). The predicted molar refractivity (Wildman–Crippen MR) is 92.1 cm³/mol. The second-order valence-corrected chi connectivity index (χ2v) is 6.61. The van der Waals surface area contributed by atoms with Crippen molar-refractivity contribution in [2.45, 2.75) is 25.9 Å². The largest absolute Gasteiger partial charge is 0.396 e. The Morgan fingerprint density at radius 1 is 1.17 bits per heavy atom. The minimum atomic E-state index is -0.266. The van der Waals surface area contributed by atoms with E-state index in [0.29, 0.717) is 0 Å². The van der Waals surface area contributed by atoms with Crippen LogP contribution < -0.4 is 5.32 Å². The van der Waals surface area contributed by atoms with E-state index in [9.17, 15) is 9.90 Å². The molecule has 5 heteroatoms. The standard InChI is InChI=1S/C18H29N3O2/c1-14(13-22)15(2)19-18(23)17(16-7-5-4-6-8-16)21-11-9-20(3)10-12-21/h4-8,14-15,17,22H,9-13H2,1-3H3,(H,19,23). The third kappa shape index (κ3) is 4.77. The molecule has 1 aromatic carbocycles. The lowest BCUT2D eigenvalue weighted by Gasteiger charge is -2.38. The number of carbonyl (C=O) groups excluding carboxylic acids is 1. The van der Waals surface area contributed by atoms with Crippen molar-refractivity contribution in [2.75, 3.05) is 39.8 Å². The zero-order chi connectivity index (χ0) is 16.8. The normalized spacial score (nSPS) is 20.7. The van der Waals surface area contributed by atoms with Crippen molar-refractivity contribution in [1.29, 1.82) is 0 Å². The average Bonchev–Trinajstić information content (AvgIpc) is 2.57. The third-order valence-corrected chi connectivity index (χ3v) is 4.78. The first-order valence-corrected chi connectivity index (χ1v) is 8.41. The highest BCUT2D eigenvalue weighted by molar-refractivity contribution is 5.83. The smallest absolute Gasteiger partial charge is 0.242 e. The maximum Gasteiger partial charge on any atom is 0.242 e. The number of rotatable bonds is 6. The highest BCUT2D eigenvalue weighted by atomic mass is 16.3. The second kappa shape index (κ2) is 8.43. The maximum absolute atomic E-state index is 12.9. The Bertz CT molecular complexity index is 486. The fourth-order valence-corrected chi connectivity index (χ4v) is 2.85. The summed E-state index contributed by atoms with van der Waals surface area (Å²) in [5.41, 5.74) is 1.03. The zero-order valence-corrected chi connectivity index (χ0v) is 14.4. The van der Waals surface area contributed by atoms with Crippen LogP contribution >= 0.6 is 0 Å². The Labute approximate surface area is 139 Å². The number of benzene rings is 1. The van der Waals surface area contributed by atoms with Gasteiger partial charge in [-0.3, -0.25) is 9.69 Å². The van der Waals surface area contributed by atoms with Gasteiger partial charge in [0.2, 0.25) is 5.91 Å². The molecule has 2 N–H and O–H groups in total. The van der Waals surface area contributed by atoms with Gasteiger partial charge >= 0.3 is 0 Å². The third-order valence-electron chi connectivity index (χ3n) is 4.78. The molecule has 1 aliphatic heterocycles. The van der Waals surface area contributed by atoms with Crippen LogP contribution in [0.1, 0.15) is 25.5 Å². The van der Waals surface area contributed by atoms with Crippen LogP contribution in [0.25, 0.3) is 0 Å². The molecule has 5 nitrogen and oxygen atoms in total. The van der Waals surface area contributed by atoms with Gasteiger partial charge in [0, 0.05) is 38.8 Å². The molecule has 1 fully saturated rings. The first-order valence-electron chi connectivity index (χ1n) is 8.41. The molecule has 0 bridgehead atoms. The molecule has 1 aliphatic rings. The van der Waals surface area contributed by atoms with Crippen molar-refractivity contribution < 1.29 is 9.90 Å². The molecule has 3 atom stereocenters. The van der Waals surface area contributed by atoms with Crippen LogP contribution in [0.3, 0.4) is 0 Å². The number of amides is 1. The topological polar surface area (TPSA) is 55.8 Å². The van der Waals surface area contributed by atoms with Crippen LogP contribution in [0, 0.1) is 5.92 Å². The molecule has 1 heterocycles. The van der Waals surface area contributed by atoms with Crippen LogP contribution in [-0.2, 0) is 4.79 Å². The Morgan fingerprint density at radius 2 is 1.78 bits per heavy atom. The SMILES string of the molecule is CC(CO)C(C)NC(=O)C(c1ccccc1)N1CCN(C)CC1. The van der Waals surface area contributed by atoms with Gasteiger partial charge in [-0.15, -0.1) is 0 Å². The van der Waals surface area contributed by atoms with Gasteiger partial charge < -0.3 is 15.3 Å². The summed E-state index contributed by atoms with van der Waals surface area (Å²) in [6, 6.07) is 9.64. The number of aliphatic hydroxyl groups is 1. The summed E-state index contributed by atoms with van der Waals surface area (Å²) in [5.74, 6) is 0.0661. The average molecular weight is 319 g/mol. The molecule has 0 aromatic heterocycles. The monoisotopic (exact) mass is 319 g/mol. The molecule has 1 aromatic rings. The number of nitrogens with one attached hydrogen (secondary N) is 1. The molecular weight excluding hydrogens is 290 g/mol. The van der Waals surface area contributed by atoms with Crippen LogP contribution in [0.5, 0.6) is 0 Å². The molecule has 0 spiro atoms. The maximum atomic E-state index is 12.9. The van der Waals surface area contributed by atoms with Crippen LogP contribution in [0.4, 0.5) is 0 Å². The molecule has 23 heavy (non-hydrogen) atoms. The van der Waals surface area contributed by atoms with Crippen molar-refractivity contribution in [2.24, 2.45) is 5.92 Å². The Hall–Kier alpha value is -1.43. The van der Waals surface area contributed by atoms with Gasteiger partial charge in [0.15, 0.2) is 0 Å². The second-order valence-electron chi connectivity index (χ2n) is 6.61. The summed E-state index contributed by atoms with van der Waals surface area (Å²) < 4.78 is 0. The van der Waals surface area contributed by atoms with E-state index in [1.165, 1.54) is 0 Å². The number of aliphatic hydroxyl groups excluding tert-OH is 1. The quantitative estimate of drug-likeness (QED) is 0.825. The van der Waals surface area contributed by atoms with Crippen molar-refractivity contribution >= 4 is 5.91 Å². The molecular formula is C18H29N3O2. The lowest BCUT2D eigenvalue weighted by molar-refractivity contribution is -0.128. The Balaban J connectivity index is 2.15. The Morgan fingerprint density at radius 3 is 2.35 bits per heavy atom. The minimum absolute atomic E-state index is 0.0218. The first-order chi connectivity index (χ1) is 11.0. The number of likely N-dealkylation sites (N-methyl/N-ethyl adjacent to an activating group) is 1. The van der Waals surface area contributed by atoms with E-state index in [4.69, 9.17) is 0 Å². The zero-order valence-electron chi connectivity index (χ0n) is 14.4. The summed E-state index contributed by atoms with van der Waals surface area (Å²) in [6.07, 6.45) is 0. The lowest BCUT2D eigenvalue weighted by atomic mass is 10.0. The van der Waals surface area contributed by atoms with Gasteiger partial charge in [0.25, 0.3) is 0 Å². The summed E-state index contributed by atoms with van der Waals surface area (Å²) in [7, 11) is 2.11. The van der Waals surface area contributed by atoms with Crippen LogP contribution in [0.15, 0.2) is 30.3 Å². The van der Waals surface area contributed by atoms with Gasteiger partial charge in [-0.2, -0.15) is 0 Å². The number of nitrogens with zero attached hydrogens (tertiary/aromatic N) is 2. The van der Waals surface area contributed by atoms with E-state index in [0.717, 1.165) is 31.7 Å². The number of piperazine rings is 1. The molecule has 0 aliphatic carbocycles. The molecule has 1 amide bonds. The summed E-state index contributed by atoms with van der Waals surface area (Å²) in [5, 5.41) is 12.4. The van der Waals surface area contributed by atoms with Gasteiger partial charge in [0.05, 0.1) is 0 Å². The van der Waals surface area contributed by atoms with Crippen molar-refractivity contribution in [3.05, 3.63) is 35.9 Å².